The van der Waals surface area contributed by atoms with Crippen molar-refractivity contribution in [2.45, 2.75) is 46.0 Å². The van der Waals surface area contributed by atoms with Crippen molar-refractivity contribution in [2.75, 3.05) is 0 Å². The summed E-state index contributed by atoms with van der Waals surface area (Å²) in [6.07, 6.45) is 3.74. The van der Waals surface area contributed by atoms with Gasteiger partial charge in [-0.15, -0.1) is 0 Å². The molecule has 0 N–H and O–H groups in total. The van der Waals surface area contributed by atoms with Crippen LogP contribution in [0.2, 0.25) is 0 Å². The van der Waals surface area contributed by atoms with Crippen LogP contribution in [0.4, 0.5) is 0 Å². The first-order chi connectivity index (χ1) is 9.72. The molecule has 20 heavy (non-hydrogen) atoms. The quantitative estimate of drug-likeness (QED) is 0.618. The van der Waals surface area contributed by atoms with Crippen LogP contribution in [0.25, 0.3) is 0 Å². The van der Waals surface area contributed by atoms with E-state index in [2.05, 4.69) is 75.4 Å². The molecule has 2 rings (SSSR count). The van der Waals surface area contributed by atoms with Crippen LogP contribution in [-0.4, -0.2) is 0 Å². The zero-order chi connectivity index (χ0) is 14.4. The third-order valence-corrected chi connectivity index (χ3v) is 3.95. The number of aryl methyl sites for hydroxylation is 1. The summed E-state index contributed by atoms with van der Waals surface area (Å²) in [4.78, 5) is 0. The molecule has 1 unspecified atom stereocenters. The van der Waals surface area contributed by atoms with E-state index in [1.54, 1.807) is 0 Å². The Bertz CT molecular complexity index is 511. The van der Waals surface area contributed by atoms with E-state index < -0.39 is 0 Å². The largest absolute Gasteiger partial charge is 0.0654 e. The zero-order valence-corrected chi connectivity index (χ0v) is 13.0. The monoisotopic (exact) mass is 266 g/mol. The van der Waals surface area contributed by atoms with Crippen LogP contribution in [0.1, 0.15) is 56.2 Å². The van der Waals surface area contributed by atoms with E-state index in [1.165, 1.54) is 36.0 Å². The van der Waals surface area contributed by atoms with E-state index in [0.29, 0.717) is 11.8 Å². The van der Waals surface area contributed by atoms with Gasteiger partial charge in [0.2, 0.25) is 0 Å². The molecule has 0 bridgehead atoms. The average molecular weight is 266 g/mol. The molecule has 0 aliphatic carbocycles. The number of hydrogen-bond acceptors (Lipinski definition) is 0. The summed E-state index contributed by atoms with van der Waals surface area (Å²) in [5, 5.41) is 0. The van der Waals surface area contributed by atoms with Gasteiger partial charge in [0.05, 0.1) is 0 Å². The van der Waals surface area contributed by atoms with Gasteiger partial charge in [0, 0.05) is 5.92 Å². The van der Waals surface area contributed by atoms with Gasteiger partial charge >= 0.3 is 0 Å². The smallest absolute Gasteiger partial charge is 0.0112 e. The molecular weight excluding hydrogens is 240 g/mol. The second-order valence-electron chi connectivity index (χ2n) is 5.98. The van der Waals surface area contributed by atoms with Crippen LogP contribution >= 0.6 is 0 Å². The highest BCUT2D eigenvalue weighted by Crippen LogP contribution is 2.32. The molecule has 2 aromatic rings. The summed E-state index contributed by atoms with van der Waals surface area (Å²) >= 11 is 0. The third kappa shape index (κ3) is 3.72. The first-order valence-corrected chi connectivity index (χ1v) is 7.86. The van der Waals surface area contributed by atoms with Crippen molar-refractivity contribution in [2.24, 2.45) is 5.92 Å². The van der Waals surface area contributed by atoms with E-state index in [4.69, 9.17) is 0 Å². The fraction of sp³-hybridized carbons (Fsp3) is 0.400. The fourth-order valence-corrected chi connectivity index (χ4v) is 2.95. The normalized spacial score (nSPS) is 12.6. The Labute approximate surface area is 123 Å². The highest BCUT2D eigenvalue weighted by atomic mass is 14.2. The van der Waals surface area contributed by atoms with Gasteiger partial charge < -0.3 is 0 Å². The van der Waals surface area contributed by atoms with Crippen molar-refractivity contribution in [3.05, 3.63) is 71.3 Å². The maximum Gasteiger partial charge on any atom is 0.0112 e. The minimum Gasteiger partial charge on any atom is -0.0654 e. The summed E-state index contributed by atoms with van der Waals surface area (Å²) in [7, 11) is 0. The summed E-state index contributed by atoms with van der Waals surface area (Å²) in [5.41, 5.74) is 4.36. The Hall–Kier alpha value is -1.56. The van der Waals surface area contributed by atoms with Gasteiger partial charge in [-0.3, -0.25) is 0 Å². The summed E-state index contributed by atoms with van der Waals surface area (Å²) in [5.74, 6) is 1.11. The second-order valence-corrected chi connectivity index (χ2v) is 5.98. The van der Waals surface area contributed by atoms with E-state index >= 15 is 0 Å². The molecule has 0 aliphatic heterocycles. The Morgan fingerprint density at radius 1 is 0.850 bits per heavy atom. The molecule has 0 heterocycles. The number of hydrogen-bond donors (Lipinski definition) is 0. The summed E-state index contributed by atoms with van der Waals surface area (Å²) < 4.78 is 0. The second kappa shape index (κ2) is 7.28. The topological polar surface area (TPSA) is 0 Å². The molecule has 0 nitrogen and oxygen atoms in total. The predicted octanol–water partition coefficient (Wildman–Crippen LogP) is 5.82. The summed E-state index contributed by atoms with van der Waals surface area (Å²) in [6, 6.07) is 20.1. The number of rotatable bonds is 6. The van der Waals surface area contributed by atoms with Crippen LogP contribution < -0.4 is 0 Å². The average Bonchev–Trinajstić information content (AvgIpc) is 2.46. The molecule has 0 saturated carbocycles. The number of unbranched alkanes of at least 4 members (excludes halogenated alkanes) is 1. The van der Waals surface area contributed by atoms with Crippen molar-refractivity contribution in [3.63, 3.8) is 0 Å². The first kappa shape index (κ1) is 14.8. The molecular formula is C20H26. The lowest BCUT2D eigenvalue weighted by Gasteiger charge is -2.22. The van der Waals surface area contributed by atoms with Gasteiger partial charge in [-0.05, 0) is 35.4 Å². The van der Waals surface area contributed by atoms with E-state index in [-0.39, 0.29) is 0 Å². The van der Waals surface area contributed by atoms with Crippen LogP contribution in [0.3, 0.4) is 0 Å². The molecule has 0 aliphatic rings. The van der Waals surface area contributed by atoms with Crippen molar-refractivity contribution in [1.82, 2.24) is 0 Å². The van der Waals surface area contributed by atoms with E-state index in [1.807, 2.05) is 0 Å². The molecule has 0 spiro atoms. The Morgan fingerprint density at radius 3 is 2.20 bits per heavy atom. The standard InChI is InChI=1S/C20H26/c1-4-5-10-17-11-9-14-19(15-17)20(16(2)3)18-12-7-6-8-13-18/h6-9,11-16,20H,4-5,10H2,1-3H3. The van der Waals surface area contributed by atoms with Crippen molar-refractivity contribution < 1.29 is 0 Å². The SMILES string of the molecule is CCCCc1cccc(C(c2ccccc2)C(C)C)c1. The van der Waals surface area contributed by atoms with Crippen LogP contribution in [-0.2, 0) is 6.42 Å². The molecule has 0 amide bonds. The van der Waals surface area contributed by atoms with Crippen molar-refractivity contribution in [3.8, 4) is 0 Å². The van der Waals surface area contributed by atoms with Gasteiger partial charge in [-0.25, -0.2) is 0 Å². The zero-order valence-electron chi connectivity index (χ0n) is 13.0. The van der Waals surface area contributed by atoms with Gasteiger partial charge in [0.25, 0.3) is 0 Å². The van der Waals surface area contributed by atoms with Gasteiger partial charge in [-0.1, -0.05) is 81.8 Å². The highest BCUT2D eigenvalue weighted by Gasteiger charge is 2.17. The van der Waals surface area contributed by atoms with E-state index in [9.17, 15) is 0 Å². The minimum atomic E-state index is 0.498. The molecule has 0 aromatic heterocycles. The lowest BCUT2D eigenvalue weighted by atomic mass is 9.82. The van der Waals surface area contributed by atoms with Crippen molar-refractivity contribution >= 4 is 0 Å². The predicted molar refractivity (Wildman–Crippen MR) is 88.2 cm³/mol. The summed E-state index contributed by atoms with van der Waals surface area (Å²) in [6.45, 7) is 6.89. The van der Waals surface area contributed by atoms with Crippen LogP contribution in [0.15, 0.2) is 54.6 Å². The van der Waals surface area contributed by atoms with Gasteiger partial charge in [-0.2, -0.15) is 0 Å². The Kier molecular flexibility index (Phi) is 5.40. The molecule has 2 aromatic carbocycles. The maximum absolute atomic E-state index is 2.41. The Balaban J connectivity index is 2.30. The third-order valence-electron chi connectivity index (χ3n) is 3.95. The lowest BCUT2D eigenvalue weighted by molar-refractivity contribution is 0.563. The fourth-order valence-electron chi connectivity index (χ4n) is 2.95. The molecule has 0 radical (unpaired) electrons. The minimum absolute atomic E-state index is 0.498. The highest BCUT2D eigenvalue weighted by molar-refractivity contribution is 5.35. The molecule has 0 heteroatoms. The van der Waals surface area contributed by atoms with E-state index in [0.717, 1.165) is 0 Å². The van der Waals surface area contributed by atoms with Gasteiger partial charge in [0.1, 0.15) is 0 Å². The maximum atomic E-state index is 2.41. The Morgan fingerprint density at radius 2 is 1.55 bits per heavy atom. The lowest BCUT2D eigenvalue weighted by Crippen LogP contribution is -2.08. The van der Waals surface area contributed by atoms with Crippen LogP contribution in [0, 0.1) is 5.92 Å². The number of benzene rings is 2. The molecule has 0 fully saturated rings. The molecule has 106 valence electrons. The van der Waals surface area contributed by atoms with Crippen LogP contribution in [0.5, 0.6) is 0 Å². The molecule has 0 saturated heterocycles. The van der Waals surface area contributed by atoms with Crippen molar-refractivity contribution in [1.29, 1.82) is 0 Å². The first-order valence-electron chi connectivity index (χ1n) is 7.86. The van der Waals surface area contributed by atoms with Gasteiger partial charge in [0.15, 0.2) is 0 Å². The molecule has 1 atom stereocenters.